The third-order valence-corrected chi connectivity index (χ3v) is 7.14. The molecule has 4 aromatic rings. The highest BCUT2D eigenvalue weighted by atomic mass is 19.1. The largest absolute Gasteiger partial charge is 0.369 e. The molecule has 1 aliphatic rings. The summed E-state index contributed by atoms with van der Waals surface area (Å²) in [5, 5.41) is 4.90. The van der Waals surface area contributed by atoms with Crippen LogP contribution in [0.5, 0.6) is 0 Å². The summed E-state index contributed by atoms with van der Waals surface area (Å²) in [5.41, 5.74) is 11.7. The predicted molar refractivity (Wildman–Crippen MR) is 134 cm³/mol. The first-order valence-electron chi connectivity index (χ1n) is 11.9. The summed E-state index contributed by atoms with van der Waals surface area (Å²) in [7, 11) is 0. The summed E-state index contributed by atoms with van der Waals surface area (Å²) in [6.07, 6.45) is 5.22. The highest BCUT2D eigenvalue weighted by Gasteiger charge is 2.30. The maximum Gasteiger partial charge on any atom is 0.231 e. The number of nitrogens with zero attached hydrogens (tertiary/aromatic N) is 6. The van der Waals surface area contributed by atoms with E-state index >= 15 is 4.39 Å². The fourth-order valence-electron chi connectivity index (χ4n) is 5.32. The van der Waals surface area contributed by atoms with Crippen molar-refractivity contribution in [2.75, 3.05) is 31.1 Å². The molecule has 5 heterocycles. The van der Waals surface area contributed by atoms with Crippen LogP contribution >= 0.6 is 0 Å². The molecule has 1 fully saturated rings. The van der Waals surface area contributed by atoms with Crippen molar-refractivity contribution in [3.05, 3.63) is 41.2 Å². The number of aryl methyl sites for hydroxylation is 1. The summed E-state index contributed by atoms with van der Waals surface area (Å²) in [6, 6.07) is -0.0110. The van der Waals surface area contributed by atoms with E-state index in [4.69, 9.17) is 5.73 Å². The molecule has 9 nitrogen and oxygen atoms in total. The number of H-pyrrole nitrogens is 1. The van der Waals surface area contributed by atoms with Gasteiger partial charge in [-0.1, -0.05) is 13.8 Å². The van der Waals surface area contributed by atoms with Crippen molar-refractivity contribution in [3.8, 4) is 11.3 Å². The van der Waals surface area contributed by atoms with Crippen LogP contribution in [0.4, 0.5) is 10.2 Å². The third kappa shape index (κ3) is 3.81. The molecule has 1 amide bonds. The Bertz CT molecular complexity index is 1440. The van der Waals surface area contributed by atoms with Crippen LogP contribution in [0, 0.1) is 19.7 Å². The quantitative estimate of drug-likeness (QED) is 0.456. The van der Waals surface area contributed by atoms with Gasteiger partial charge in [-0.2, -0.15) is 5.10 Å². The van der Waals surface area contributed by atoms with Gasteiger partial charge in [0.1, 0.15) is 6.33 Å². The topological polar surface area (TPSA) is 108 Å². The molecular weight excluding hydrogens is 447 g/mol. The Hall–Kier alpha value is -3.53. The van der Waals surface area contributed by atoms with Crippen molar-refractivity contribution in [1.29, 1.82) is 0 Å². The molecule has 184 valence electrons. The van der Waals surface area contributed by atoms with Gasteiger partial charge in [0.05, 0.1) is 24.0 Å². The minimum absolute atomic E-state index is 0.0110. The van der Waals surface area contributed by atoms with Crippen LogP contribution < -0.4 is 10.6 Å². The van der Waals surface area contributed by atoms with Crippen LogP contribution in [0.2, 0.25) is 0 Å². The van der Waals surface area contributed by atoms with E-state index in [0.717, 1.165) is 33.6 Å². The lowest BCUT2D eigenvalue weighted by Gasteiger charge is -2.40. The summed E-state index contributed by atoms with van der Waals surface area (Å²) >= 11 is 0. The van der Waals surface area contributed by atoms with Crippen LogP contribution in [0.25, 0.3) is 27.8 Å². The summed E-state index contributed by atoms with van der Waals surface area (Å²) in [5.74, 6) is -0.261. The number of piperazine rings is 1. The number of aromatic nitrogens is 5. The second kappa shape index (κ2) is 8.60. The highest BCUT2D eigenvalue weighted by molar-refractivity contribution is 5.94. The molecule has 0 saturated carbocycles. The number of aromatic amines is 1. The smallest absolute Gasteiger partial charge is 0.231 e. The number of anilines is 1. The molecule has 35 heavy (non-hydrogen) atoms. The number of halogens is 1. The Kier molecular flexibility index (Phi) is 5.71. The average molecular weight is 479 g/mol. The standard InChI is InChI=1S/C25H31FN8O/c1-13(2)20-21-18(31-23(20)17-10-34-24(29-12-30-34)16(5)15(17)4)8-28-25(22(21)26)33-7-6-32(9-14(33)3)11-19(27)35/h8,10,12-14,31H,6-7,9,11H2,1-5H3,(H2,27,35)/t14-/m1/s1. The molecule has 3 N–H and O–H groups in total. The van der Waals surface area contributed by atoms with Crippen molar-refractivity contribution in [3.63, 3.8) is 0 Å². The fourth-order valence-corrected chi connectivity index (χ4v) is 5.32. The van der Waals surface area contributed by atoms with Crippen molar-refractivity contribution >= 4 is 28.3 Å². The van der Waals surface area contributed by atoms with Gasteiger partial charge in [0.2, 0.25) is 5.91 Å². The molecule has 1 atom stereocenters. The predicted octanol–water partition coefficient (Wildman–Crippen LogP) is 3.15. The number of carbonyl (C=O) groups is 1. The number of rotatable bonds is 5. The van der Waals surface area contributed by atoms with Crippen molar-refractivity contribution in [2.45, 2.75) is 46.6 Å². The molecule has 0 unspecified atom stereocenters. The number of pyridine rings is 2. The monoisotopic (exact) mass is 478 g/mol. The molecule has 0 spiro atoms. The van der Waals surface area contributed by atoms with Crippen LogP contribution in [0.1, 0.15) is 43.4 Å². The molecule has 0 bridgehead atoms. The second-order valence-electron chi connectivity index (χ2n) is 9.82. The van der Waals surface area contributed by atoms with Gasteiger partial charge in [0, 0.05) is 42.8 Å². The minimum atomic E-state index is -0.354. The first kappa shape index (κ1) is 23.2. The molecule has 10 heteroatoms. The SMILES string of the molecule is Cc1c(-c2[nH]c3cnc(N4CCN(CC(N)=O)C[C@H]4C)c(F)c3c2C(C)C)cn2ncnc2c1C. The van der Waals surface area contributed by atoms with Crippen molar-refractivity contribution in [1.82, 2.24) is 29.5 Å². The van der Waals surface area contributed by atoms with Gasteiger partial charge in [-0.15, -0.1) is 0 Å². The molecule has 0 aromatic carbocycles. The van der Waals surface area contributed by atoms with E-state index in [1.54, 1.807) is 17.0 Å². The summed E-state index contributed by atoms with van der Waals surface area (Å²) < 4.78 is 18.0. The lowest BCUT2D eigenvalue weighted by Crippen LogP contribution is -2.54. The van der Waals surface area contributed by atoms with Crippen LogP contribution in [-0.4, -0.2) is 67.6 Å². The summed E-state index contributed by atoms with van der Waals surface area (Å²) in [4.78, 5) is 27.7. The molecular formula is C25H31FN8O. The molecule has 0 aliphatic carbocycles. The number of hydrogen-bond acceptors (Lipinski definition) is 6. The number of nitrogens with two attached hydrogens (primary N) is 1. The van der Waals surface area contributed by atoms with Gasteiger partial charge in [-0.25, -0.2) is 18.9 Å². The Morgan fingerprint density at radius 3 is 2.71 bits per heavy atom. The van der Waals surface area contributed by atoms with E-state index in [0.29, 0.717) is 36.4 Å². The van der Waals surface area contributed by atoms with Gasteiger partial charge in [0.15, 0.2) is 17.3 Å². The molecule has 1 aliphatic heterocycles. The lowest BCUT2D eigenvalue weighted by molar-refractivity contribution is -0.119. The van der Waals surface area contributed by atoms with Crippen LogP contribution in [0.15, 0.2) is 18.7 Å². The zero-order valence-electron chi connectivity index (χ0n) is 20.8. The van der Waals surface area contributed by atoms with E-state index in [1.165, 1.54) is 0 Å². The van der Waals surface area contributed by atoms with Gasteiger partial charge < -0.3 is 15.6 Å². The maximum absolute atomic E-state index is 16.2. The first-order chi connectivity index (χ1) is 16.7. The van der Waals surface area contributed by atoms with Crippen LogP contribution in [-0.2, 0) is 4.79 Å². The Morgan fingerprint density at radius 1 is 1.26 bits per heavy atom. The van der Waals surface area contributed by atoms with Gasteiger partial charge >= 0.3 is 0 Å². The zero-order valence-corrected chi connectivity index (χ0v) is 20.8. The maximum atomic E-state index is 16.2. The van der Waals surface area contributed by atoms with E-state index in [9.17, 15) is 4.79 Å². The zero-order chi connectivity index (χ0) is 25.0. The molecule has 4 aromatic heterocycles. The Morgan fingerprint density at radius 2 is 2.03 bits per heavy atom. The van der Waals surface area contributed by atoms with E-state index in [1.807, 2.05) is 29.8 Å². The lowest BCUT2D eigenvalue weighted by atomic mass is 9.94. The Labute approximate surface area is 203 Å². The first-order valence-corrected chi connectivity index (χ1v) is 11.9. The summed E-state index contributed by atoms with van der Waals surface area (Å²) in [6.45, 7) is 12.3. The van der Waals surface area contributed by atoms with E-state index in [-0.39, 0.29) is 30.2 Å². The number of nitrogens with one attached hydrogen (secondary N) is 1. The second-order valence-corrected chi connectivity index (χ2v) is 9.82. The van der Waals surface area contributed by atoms with Gasteiger partial charge in [-0.05, 0) is 43.4 Å². The van der Waals surface area contributed by atoms with Crippen molar-refractivity contribution < 1.29 is 9.18 Å². The van der Waals surface area contributed by atoms with Gasteiger partial charge in [0.25, 0.3) is 0 Å². The van der Waals surface area contributed by atoms with Crippen LogP contribution in [0.3, 0.4) is 0 Å². The fraction of sp³-hybridized carbons (Fsp3) is 0.440. The number of hydrogen-bond donors (Lipinski definition) is 2. The number of amides is 1. The normalized spacial score (nSPS) is 17.2. The number of carbonyl (C=O) groups excluding carboxylic acids is 1. The average Bonchev–Trinajstić information content (AvgIpc) is 3.42. The van der Waals surface area contributed by atoms with E-state index < -0.39 is 0 Å². The molecule has 1 saturated heterocycles. The molecule has 0 radical (unpaired) electrons. The third-order valence-electron chi connectivity index (χ3n) is 7.14. The van der Waals surface area contributed by atoms with E-state index in [2.05, 4.69) is 40.8 Å². The van der Waals surface area contributed by atoms with Crippen molar-refractivity contribution in [2.24, 2.45) is 5.73 Å². The minimum Gasteiger partial charge on any atom is -0.369 e. The highest BCUT2D eigenvalue weighted by Crippen LogP contribution is 2.40. The number of fused-ring (bicyclic) bond motifs is 2. The molecule has 5 rings (SSSR count). The van der Waals surface area contributed by atoms with Gasteiger partial charge in [-0.3, -0.25) is 9.69 Å². The Balaban J connectivity index is 1.63. The number of primary amides is 1.